The molecular formula is C18H27N3O3. The van der Waals surface area contributed by atoms with E-state index in [0.29, 0.717) is 25.4 Å². The summed E-state index contributed by atoms with van der Waals surface area (Å²) in [6, 6.07) is 3.71. The molecule has 132 valence electrons. The number of carbonyl (C=O) groups is 2. The van der Waals surface area contributed by atoms with E-state index >= 15 is 0 Å². The highest BCUT2D eigenvalue weighted by atomic mass is 16.3. The van der Waals surface area contributed by atoms with Crippen LogP contribution in [0, 0.1) is 6.92 Å². The van der Waals surface area contributed by atoms with Gasteiger partial charge < -0.3 is 14.2 Å². The molecule has 1 saturated heterocycles. The molecule has 6 nitrogen and oxygen atoms in total. The van der Waals surface area contributed by atoms with Gasteiger partial charge >= 0.3 is 0 Å². The number of hydrogen-bond acceptors (Lipinski definition) is 4. The zero-order valence-corrected chi connectivity index (χ0v) is 14.8. The summed E-state index contributed by atoms with van der Waals surface area (Å²) in [6.07, 6.45) is 3.25. The average Bonchev–Trinajstić information content (AvgIpc) is 3.00. The number of piperazine rings is 1. The largest absolute Gasteiger partial charge is 0.462 e. The molecule has 1 aromatic heterocycles. The maximum absolute atomic E-state index is 12.2. The minimum atomic E-state index is -0.0150. The minimum Gasteiger partial charge on any atom is -0.462 e. The van der Waals surface area contributed by atoms with Crippen molar-refractivity contribution in [3.8, 4) is 0 Å². The van der Waals surface area contributed by atoms with E-state index in [4.69, 9.17) is 4.42 Å². The molecule has 1 fully saturated rings. The summed E-state index contributed by atoms with van der Waals surface area (Å²) in [6.45, 7) is 10.5. The second-order valence-corrected chi connectivity index (χ2v) is 5.95. The van der Waals surface area contributed by atoms with Crippen LogP contribution in [0.15, 0.2) is 22.6 Å². The Morgan fingerprint density at radius 3 is 2.38 bits per heavy atom. The first-order valence-electron chi connectivity index (χ1n) is 8.57. The third-order valence-corrected chi connectivity index (χ3v) is 4.31. The summed E-state index contributed by atoms with van der Waals surface area (Å²) < 4.78 is 5.42. The van der Waals surface area contributed by atoms with Gasteiger partial charge in [-0.3, -0.25) is 14.5 Å². The zero-order chi connectivity index (χ0) is 17.5. The zero-order valence-electron chi connectivity index (χ0n) is 14.8. The molecule has 2 rings (SSSR count). The quantitative estimate of drug-likeness (QED) is 0.742. The van der Waals surface area contributed by atoms with E-state index in [1.54, 1.807) is 12.2 Å². The van der Waals surface area contributed by atoms with Crippen LogP contribution in [0.1, 0.15) is 25.4 Å². The summed E-state index contributed by atoms with van der Waals surface area (Å²) in [7, 11) is 0. The molecule has 0 saturated carbocycles. The normalized spacial score (nSPS) is 15.9. The first-order valence-corrected chi connectivity index (χ1v) is 8.57. The van der Waals surface area contributed by atoms with Crippen molar-refractivity contribution in [2.45, 2.75) is 20.8 Å². The highest BCUT2D eigenvalue weighted by Gasteiger charge is 2.22. The molecule has 0 N–H and O–H groups in total. The molecule has 24 heavy (non-hydrogen) atoms. The number of aryl methyl sites for hydroxylation is 1. The second-order valence-electron chi connectivity index (χ2n) is 5.95. The van der Waals surface area contributed by atoms with Crippen LogP contribution >= 0.6 is 0 Å². The van der Waals surface area contributed by atoms with Gasteiger partial charge in [0, 0.05) is 45.3 Å². The number of furan rings is 1. The Balaban J connectivity index is 1.78. The predicted octanol–water partition coefficient (Wildman–Crippen LogP) is 1.61. The molecular weight excluding hydrogens is 306 g/mol. The van der Waals surface area contributed by atoms with Gasteiger partial charge in [-0.2, -0.15) is 0 Å². The van der Waals surface area contributed by atoms with Crippen molar-refractivity contribution in [2.24, 2.45) is 0 Å². The van der Waals surface area contributed by atoms with Crippen LogP contribution < -0.4 is 0 Å². The van der Waals surface area contributed by atoms with Gasteiger partial charge in [-0.25, -0.2) is 0 Å². The van der Waals surface area contributed by atoms with Crippen LogP contribution in [-0.2, 0) is 9.59 Å². The van der Waals surface area contributed by atoms with E-state index in [0.717, 1.165) is 31.9 Å². The average molecular weight is 333 g/mol. The van der Waals surface area contributed by atoms with Gasteiger partial charge in [0.25, 0.3) is 0 Å². The molecule has 1 aromatic rings. The van der Waals surface area contributed by atoms with E-state index in [-0.39, 0.29) is 11.8 Å². The Morgan fingerprint density at radius 1 is 1.17 bits per heavy atom. The van der Waals surface area contributed by atoms with Gasteiger partial charge in [0.1, 0.15) is 11.5 Å². The van der Waals surface area contributed by atoms with Gasteiger partial charge in [0.05, 0.1) is 6.54 Å². The first-order chi connectivity index (χ1) is 11.5. The molecule has 6 heteroatoms. The monoisotopic (exact) mass is 333 g/mol. The molecule has 0 radical (unpaired) electrons. The maximum Gasteiger partial charge on any atom is 0.246 e. The van der Waals surface area contributed by atoms with Crippen molar-refractivity contribution in [3.05, 3.63) is 29.7 Å². The fourth-order valence-electron chi connectivity index (χ4n) is 2.80. The Morgan fingerprint density at radius 2 is 1.83 bits per heavy atom. The van der Waals surface area contributed by atoms with E-state index in [1.165, 1.54) is 0 Å². The lowest BCUT2D eigenvalue weighted by atomic mass is 10.2. The lowest BCUT2D eigenvalue weighted by molar-refractivity contribution is -0.133. The third kappa shape index (κ3) is 4.96. The van der Waals surface area contributed by atoms with Crippen LogP contribution in [0.3, 0.4) is 0 Å². The Bertz CT molecular complexity index is 582. The molecule has 2 amide bonds. The molecule has 0 bridgehead atoms. The lowest BCUT2D eigenvalue weighted by Gasteiger charge is -2.34. The molecule has 0 aromatic carbocycles. The second kappa shape index (κ2) is 8.68. The third-order valence-electron chi connectivity index (χ3n) is 4.31. The molecule has 0 spiro atoms. The van der Waals surface area contributed by atoms with Crippen molar-refractivity contribution >= 4 is 17.9 Å². The summed E-state index contributed by atoms with van der Waals surface area (Å²) >= 11 is 0. The van der Waals surface area contributed by atoms with Gasteiger partial charge in [-0.05, 0) is 39.0 Å². The summed E-state index contributed by atoms with van der Waals surface area (Å²) in [5, 5.41) is 0. The minimum absolute atomic E-state index is 0.0150. The van der Waals surface area contributed by atoms with Gasteiger partial charge in [-0.15, -0.1) is 0 Å². The molecule has 2 heterocycles. The van der Waals surface area contributed by atoms with Crippen LogP contribution in [0.4, 0.5) is 0 Å². The van der Waals surface area contributed by atoms with E-state index in [1.807, 2.05) is 42.7 Å². The first kappa shape index (κ1) is 18.3. The van der Waals surface area contributed by atoms with Crippen LogP contribution in [-0.4, -0.2) is 72.3 Å². The highest BCUT2D eigenvalue weighted by Crippen LogP contribution is 2.09. The smallest absolute Gasteiger partial charge is 0.246 e. The SMILES string of the molecule is CCN(CC)C(=O)CN1CCN(C(=O)/C=C/c2ccc(C)o2)CC1. The summed E-state index contributed by atoms with van der Waals surface area (Å²) in [5.74, 6) is 1.66. The van der Waals surface area contributed by atoms with Crippen molar-refractivity contribution < 1.29 is 14.0 Å². The number of rotatable bonds is 6. The topological polar surface area (TPSA) is 57.0 Å². The molecule has 0 atom stereocenters. The Labute approximate surface area is 143 Å². The van der Waals surface area contributed by atoms with Gasteiger partial charge in [-0.1, -0.05) is 0 Å². The fraction of sp³-hybridized carbons (Fsp3) is 0.556. The Hall–Kier alpha value is -2.08. The molecule has 1 aliphatic rings. The van der Waals surface area contributed by atoms with E-state index < -0.39 is 0 Å². The predicted molar refractivity (Wildman–Crippen MR) is 93.4 cm³/mol. The number of hydrogen-bond donors (Lipinski definition) is 0. The van der Waals surface area contributed by atoms with Crippen molar-refractivity contribution in [1.29, 1.82) is 0 Å². The number of likely N-dealkylation sites (N-methyl/N-ethyl adjacent to an activating group) is 1. The lowest BCUT2D eigenvalue weighted by Crippen LogP contribution is -2.51. The summed E-state index contributed by atoms with van der Waals surface area (Å²) in [4.78, 5) is 30.1. The maximum atomic E-state index is 12.2. The van der Waals surface area contributed by atoms with Crippen molar-refractivity contribution in [1.82, 2.24) is 14.7 Å². The summed E-state index contributed by atoms with van der Waals surface area (Å²) in [5.41, 5.74) is 0. The van der Waals surface area contributed by atoms with Crippen LogP contribution in [0.25, 0.3) is 6.08 Å². The van der Waals surface area contributed by atoms with Crippen molar-refractivity contribution in [3.63, 3.8) is 0 Å². The fourth-order valence-corrected chi connectivity index (χ4v) is 2.80. The Kier molecular flexibility index (Phi) is 6.61. The number of nitrogens with zero attached hydrogens (tertiary/aromatic N) is 3. The number of carbonyl (C=O) groups excluding carboxylic acids is 2. The van der Waals surface area contributed by atoms with E-state index in [2.05, 4.69) is 4.90 Å². The van der Waals surface area contributed by atoms with Gasteiger partial charge in [0.15, 0.2) is 0 Å². The van der Waals surface area contributed by atoms with Gasteiger partial charge in [0.2, 0.25) is 11.8 Å². The van der Waals surface area contributed by atoms with E-state index in [9.17, 15) is 9.59 Å². The highest BCUT2D eigenvalue weighted by molar-refractivity contribution is 5.91. The molecule has 0 unspecified atom stereocenters. The molecule has 0 aliphatic carbocycles. The standard InChI is InChI=1S/C18H27N3O3/c1-4-20(5-2)18(23)14-19-10-12-21(13-11-19)17(22)9-8-16-7-6-15(3)24-16/h6-9H,4-5,10-14H2,1-3H3/b9-8+. The molecule has 1 aliphatic heterocycles. The number of amides is 2. The van der Waals surface area contributed by atoms with Crippen LogP contribution in [0.5, 0.6) is 0 Å². The van der Waals surface area contributed by atoms with Crippen LogP contribution in [0.2, 0.25) is 0 Å². The van der Waals surface area contributed by atoms with Crippen molar-refractivity contribution in [2.75, 3.05) is 45.8 Å².